The summed E-state index contributed by atoms with van der Waals surface area (Å²) < 4.78 is 38.4. The second-order valence-electron chi connectivity index (χ2n) is 12.2. The summed E-state index contributed by atoms with van der Waals surface area (Å²) in [7, 11) is 1.49. The number of hydrogen-bond acceptors (Lipinski definition) is 10. The number of urea groups is 1. The number of carbonyl (C=O) groups excluding carboxylic acids is 2. The molecular weight excluding hydrogens is 597 g/mol. The SMILES string of the molecule is COc1ccc(NC(=O)Nc2ccc(-c3nc(N4CCOCC4C)nc4c3C(=O)N(C3CCOCC3)CC(C)(C)O4)cc2F)cn1. The van der Waals surface area contributed by atoms with E-state index < -0.39 is 17.4 Å². The highest BCUT2D eigenvalue weighted by Crippen LogP contribution is 2.38. The van der Waals surface area contributed by atoms with Gasteiger partial charge in [0.2, 0.25) is 17.7 Å². The van der Waals surface area contributed by atoms with Crippen molar-refractivity contribution in [2.24, 2.45) is 0 Å². The molecule has 0 radical (unpaired) electrons. The largest absolute Gasteiger partial charge is 0.481 e. The average molecular weight is 636 g/mol. The normalized spacial score (nSPS) is 19.9. The molecule has 1 aromatic carbocycles. The van der Waals surface area contributed by atoms with Crippen molar-refractivity contribution in [2.75, 3.05) is 62.2 Å². The van der Waals surface area contributed by atoms with Gasteiger partial charge in [-0.1, -0.05) is 6.07 Å². The van der Waals surface area contributed by atoms with Crippen LogP contribution in [-0.4, -0.2) is 96.1 Å². The predicted molar refractivity (Wildman–Crippen MR) is 168 cm³/mol. The zero-order valence-electron chi connectivity index (χ0n) is 26.3. The molecule has 3 aliphatic heterocycles. The number of halogens is 1. The molecule has 46 heavy (non-hydrogen) atoms. The van der Waals surface area contributed by atoms with Crippen molar-refractivity contribution in [3.05, 3.63) is 47.9 Å². The number of aromatic nitrogens is 3. The minimum atomic E-state index is -0.759. The summed E-state index contributed by atoms with van der Waals surface area (Å²) in [5.41, 5.74) is 0.345. The van der Waals surface area contributed by atoms with E-state index >= 15 is 4.39 Å². The number of ether oxygens (including phenoxy) is 4. The summed E-state index contributed by atoms with van der Waals surface area (Å²) in [6, 6.07) is 6.77. The Hall–Kier alpha value is -4.56. The van der Waals surface area contributed by atoms with E-state index in [9.17, 15) is 9.59 Å². The lowest BCUT2D eigenvalue weighted by molar-refractivity contribution is 0.00670. The fourth-order valence-electron chi connectivity index (χ4n) is 5.89. The summed E-state index contributed by atoms with van der Waals surface area (Å²) in [5, 5.41) is 5.14. The lowest BCUT2D eigenvalue weighted by atomic mass is 10.0. The Morgan fingerprint density at radius 1 is 1.07 bits per heavy atom. The first-order valence-corrected chi connectivity index (χ1v) is 15.3. The number of benzene rings is 1. The van der Waals surface area contributed by atoms with Gasteiger partial charge in [0.25, 0.3) is 5.91 Å². The molecule has 3 amide bonds. The Bertz CT molecular complexity index is 1600. The first-order chi connectivity index (χ1) is 22.1. The molecule has 14 heteroatoms. The number of carbonyl (C=O) groups is 2. The highest BCUT2D eigenvalue weighted by atomic mass is 19.1. The van der Waals surface area contributed by atoms with Gasteiger partial charge < -0.3 is 39.4 Å². The average Bonchev–Trinajstić information content (AvgIpc) is 3.15. The van der Waals surface area contributed by atoms with E-state index in [-0.39, 0.29) is 40.8 Å². The number of anilines is 3. The molecule has 2 saturated heterocycles. The van der Waals surface area contributed by atoms with Gasteiger partial charge >= 0.3 is 6.03 Å². The third-order valence-corrected chi connectivity index (χ3v) is 8.21. The minimum Gasteiger partial charge on any atom is -0.481 e. The summed E-state index contributed by atoms with van der Waals surface area (Å²) in [6.07, 6.45) is 2.82. The van der Waals surface area contributed by atoms with Gasteiger partial charge in [0.1, 0.15) is 17.0 Å². The Labute approximate surface area is 266 Å². The molecule has 0 aliphatic carbocycles. The van der Waals surface area contributed by atoms with Crippen molar-refractivity contribution in [1.82, 2.24) is 19.9 Å². The maximum Gasteiger partial charge on any atom is 0.323 e. The van der Waals surface area contributed by atoms with Crippen molar-refractivity contribution in [2.45, 2.75) is 51.3 Å². The number of nitrogens with one attached hydrogen (secondary N) is 2. The molecule has 3 aromatic rings. The Balaban J connectivity index is 1.37. The van der Waals surface area contributed by atoms with E-state index in [4.69, 9.17) is 28.9 Å². The molecule has 5 heterocycles. The molecule has 3 aliphatic rings. The molecule has 2 fully saturated rings. The van der Waals surface area contributed by atoms with Crippen molar-refractivity contribution >= 4 is 29.3 Å². The van der Waals surface area contributed by atoms with Crippen LogP contribution in [0.3, 0.4) is 0 Å². The van der Waals surface area contributed by atoms with Crippen LogP contribution in [0, 0.1) is 5.82 Å². The standard InChI is InChI=1S/C32H38FN7O6/c1-19-17-45-14-11-39(19)30-37-27(26-28(38-30)46-32(2,3)18-40(29(26)41)22-9-12-44-13-10-22)20-5-7-24(23(33)15-20)36-31(42)35-21-6-8-25(43-4)34-16-21/h5-8,15-16,19,22H,9-14,17-18H2,1-4H3,(H2,35,36,42). The van der Waals surface area contributed by atoms with Crippen LogP contribution in [0.25, 0.3) is 11.3 Å². The van der Waals surface area contributed by atoms with Gasteiger partial charge in [-0.15, -0.1) is 0 Å². The highest BCUT2D eigenvalue weighted by Gasteiger charge is 2.41. The van der Waals surface area contributed by atoms with Crippen molar-refractivity contribution in [3.8, 4) is 23.0 Å². The van der Waals surface area contributed by atoms with Gasteiger partial charge in [-0.2, -0.15) is 4.98 Å². The molecule has 0 saturated carbocycles. The molecule has 0 bridgehead atoms. The van der Waals surface area contributed by atoms with Crippen LogP contribution in [-0.2, 0) is 9.47 Å². The van der Waals surface area contributed by atoms with E-state index in [1.807, 2.05) is 30.6 Å². The lowest BCUT2D eigenvalue weighted by Crippen LogP contribution is -2.49. The molecule has 2 aromatic heterocycles. The monoisotopic (exact) mass is 635 g/mol. The van der Waals surface area contributed by atoms with E-state index in [1.165, 1.54) is 25.4 Å². The number of amides is 3. The fraction of sp³-hybridized carbons (Fsp3) is 0.469. The quantitative estimate of drug-likeness (QED) is 0.402. The summed E-state index contributed by atoms with van der Waals surface area (Å²) in [4.78, 5) is 44.6. The van der Waals surface area contributed by atoms with Crippen molar-refractivity contribution in [3.63, 3.8) is 0 Å². The van der Waals surface area contributed by atoms with Gasteiger partial charge in [0, 0.05) is 37.4 Å². The Morgan fingerprint density at radius 3 is 2.57 bits per heavy atom. The lowest BCUT2D eigenvalue weighted by Gasteiger charge is -2.36. The van der Waals surface area contributed by atoms with Crippen LogP contribution in [0.5, 0.6) is 11.8 Å². The van der Waals surface area contributed by atoms with E-state index in [0.717, 1.165) is 0 Å². The molecule has 244 valence electrons. The molecule has 2 N–H and O–H groups in total. The number of hydrogen-bond donors (Lipinski definition) is 2. The van der Waals surface area contributed by atoms with Crippen LogP contribution in [0.15, 0.2) is 36.5 Å². The van der Waals surface area contributed by atoms with Gasteiger partial charge in [0.15, 0.2) is 0 Å². The number of rotatable bonds is 6. The third-order valence-electron chi connectivity index (χ3n) is 8.21. The van der Waals surface area contributed by atoms with Crippen LogP contribution in [0.1, 0.15) is 44.0 Å². The second kappa shape index (κ2) is 13.0. The van der Waals surface area contributed by atoms with Crippen molar-refractivity contribution in [1.29, 1.82) is 0 Å². The van der Waals surface area contributed by atoms with E-state index in [2.05, 4.69) is 15.6 Å². The third kappa shape index (κ3) is 6.67. The number of pyridine rings is 1. The number of methoxy groups -OCH3 is 1. The Kier molecular flexibility index (Phi) is 8.91. The van der Waals surface area contributed by atoms with Gasteiger partial charge in [-0.05, 0) is 51.8 Å². The van der Waals surface area contributed by atoms with Gasteiger partial charge in [0.05, 0.1) is 56.2 Å². The van der Waals surface area contributed by atoms with Crippen LogP contribution < -0.4 is 25.0 Å². The zero-order valence-corrected chi connectivity index (χ0v) is 26.3. The summed E-state index contributed by atoms with van der Waals surface area (Å²) >= 11 is 0. The Morgan fingerprint density at radius 2 is 1.87 bits per heavy atom. The van der Waals surface area contributed by atoms with Crippen LogP contribution >= 0.6 is 0 Å². The van der Waals surface area contributed by atoms with Gasteiger partial charge in [-0.25, -0.2) is 19.2 Å². The number of morpholine rings is 1. The topological polar surface area (TPSA) is 140 Å². The van der Waals surface area contributed by atoms with Crippen LogP contribution in [0.4, 0.5) is 26.5 Å². The highest BCUT2D eigenvalue weighted by molar-refractivity contribution is 6.03. The van der Waals surface area contributed by atoms with Crippen LogP contribution in [0.2, 0.25) is 0 Å². The zero-order chi connectivity index (χ0) is 32.4. The molecule has 1 atom stereocenters. The van der Waals surface area contributed by atoms with Gasteiger partial charge in [-0.3, -0.25) is 4.79 Å². The summed E-state index contributed by atoms with van der Waals surface area (Å²) in [5.74, 6) is -0.0808. The minimum absolute atomic E-state index is 0.0318. The summed E-state index contributed by atoms with van der Waals surface area (Å²) in [6.45, 7) is 8.83. The fourth-order valence-corrected chi connectivity index (χ4v) is 5.89. The molecule has 6 rings (SSSR count). The predicted octanol–water partition coefficient (Wildman–Crippen LogP) is 4.35. The first kappa shape index (κ1) is 31.4. The second-order valence-corrected chi connectivity index (χ2v) is 12.2. The first-order valence-electron chi connectivity index (χ1n) is 15.3. The van der Waals surface area contributed by atoms with E-state index in [0.29, 0.717) is 75.4 Å². The number of fused-ring (bicyclic) bond motifs is 1. The smallest absolute Gasteiger partial charge is 0.323 e. The molecular formula is C32H38FN7O6. The van der Waals surface area contributed by atoms with Crippen molar-refractivity contribution < 1.29 is 32.9 Å². The van der Waals surface area contributed by atoms with E-state index in [1.54, 1.807) is 18.2 Å². The maximum absolute atomic E-state index is 15.7. The molecule has 1 unspecified atom stereocenters. The molecule has 0 spiro atoms. The number of nitrogens with zero attached hydrogens (tertiary/aromatic N) is 5. The molecule has 13 nitrogen and oxygen atoms in total. The maximum atomic E-state index is 15.7.